The molecular weight excluding hydrogens is 452 g/mol. The largest absolute Gasteiger partial charge is 0.322 e. The molecule has 0 fully saturated rings. The van der Waals surface area contributed by atoms with Crippen molar-refractivity contribution in [3.8, 4) is 0 Å². The number of nitrogens with zero attached hydrogens (tertiary/aromatic N) is 1. The highest BCUT2D eigenvalue weighted by atomic mass is 79.9. The number of benzene rings is 2. The fraction of sp³-hybridized carbons (Fsp3) is 0.316. The van der Waals surface area contributed by atoms with E-state index in [-0.39, 0.29) is 11.7 Å². The Hall–Kier alpha value is -1.57. The van der Waals surface area contributed by atoms with E-state index in [4.69, 9.17) is 11.6 Å². The van der Waals surface area contributed by atoms with Gasteiger partial charge < -0.3 is 5.32 Å². The molecule has 1 aliphatic heterocycles. The number of nitrogens with one attached hydrogen (secondary N) is 1. The smallest absolute Gasteiger partial charge is 0.257 e. The van der Waals surface area contributed by atoms with Gasteiger partial charge in [-0.25, -0.2) is 8.42 Å². The number of hydrogen-bond acceptors (Lipinski definition) is 3. The highest BCUT2D eigenvalue weighted by Gasteiger charge is 2.27. The van der Waals surface area contributed by atoms with Crippen LogP contribution in [0, 0.1) is 0 Å². The first-order chi connectivity index (χ1) is 12.8. The Morgan fingerprint density at radius 3 is 2.78 bits per heavy atom. The Balaban J connectivity index is 1.91. The summed E-state index contributed by atoms with van der Waals surface area (Å²) in [4.78, 5) is 12.6. The van der Waals surface area contributed by atoms with Crippen LogP contribution >= 0.6 is 27.5 Å². The molecule has 2 aromatic carbocycles. The average molecular weight is 472 g/mol. The van der Waals surface area contributed by atoms with Crippen molar-refractivity contribution >= 4 is 54.8 Å². The number of carbonyl (C=O) groups is 1. The van der Waals surface area contributed by atoms with Crippen molar-refractivity contribution < 1.29 is 13.2 Å². The van der Waals surface area contributed by atoms with Gasteiger partial charge in [-0.3, -0.25) is 9.10 Å². The van der Waals surface area contributed by atoms with Crippen LogP contribution in [0.2, 0.25) is 5.02 Å². The van der Waals surface area contributed by atoms with Gasteiger partial charge in [0.25, 0.3) is 5.91 Å². The molecule has 0 aliphatic carbocycles. The van der Waals surface area contributed by atoms with Crippen LogP contribution in [0.1, 0.15) is 35.7 Å². The highest BCUT2D eigenvalue weighted by molar-refractivity contribution is 9.10. The molecule has 2 aromatic rings. The second-order valence-electron chi connectivity index (χ2n) is 6.41. The van der Waals surface area contributed by atoms with E-state index in [1.165, 1.54) is 4.31 Å². The second kappa shape index (κ2) is 8.20. The highest BCUT2D eigenvalue weighted by Crippen LogP contribution is 2.33. The van der Waals surface area contributed by atoms with Crippen LogP contribution < -0.4 is 9.62 Å². The molecule has 0 unspecified atom stereocenters. The molecule has 27 heavy (non-hydrogen) atoms. The minimum absolute atomic E-state index is 0.108. The molecular formula is C19H20BrClN2O3S. The van der Waals surface area contributed by atoms with Crippen molar-refractivity contribution in [2.75, 3.05) is 21.9 Å². The number of halogens is 2. The lowest BCUT2D eigenvalue weighted by molar-refractivity contribution is 0.102. The van der Waals surface area contributed by atoms with Gasteiger partial charge in [0.05, 0.1) is 22.0 Å². The summed E-state index contributed by atoms with van der Waals surface area (Å²) in [5, 5.41) is 3.16. The van der Waals surface area contributed by atoms with Crippen LogP contribution in [0.25, 0.3) is 0 Å². The van der Waals surface area contributed by atoms with Gasteiger partial charge in [0, 0.05) is 16.7 Å². The third-order valence-corrected chi connectivity index (χ3v) is 7.19. The van der Waals surface area contributed by atoms with Gasteiger partial charge in [-0.05, 0) is 55.2 Å². The van der Waals surface area contributed by atoms with Crippen LogP contribution in [0.4, 0.5) is 11.4 Å². The van der Waals surface area contributed by atoms with Crippen molar-refractivity contribution in [2.24, 2.45) is 0 Å². The number of fused-ring (bicyclic) bond motifs is 1. The maximum atomic E-state index is 12.6. The first kappa shape index (κ1) is 20.2. The summed E-state index contributed by atoms with van der Waals surface area (Å²) in [6.07, 6.45) is 2.17. The summed E-state index contributed by atoms with van der Waals surface area (Å²) in [6, 6.07) is 10.4. The molecule has 1 N–H and O–H groups in total. The lowest BCUT2D eigenvalue weighted by atomic mass is 10.0. The normalized spacial score (nSPS) is 14.0. The Kier molecular flexibility index (Phi) is 6.13. The molecule has 5 nitrogen and oxygen atoms in total. The van der Waals surface area contributed by atoms with E-state index in [0.717, 1.165) is 22.9 Å². The summed E-state index contributed by atoms with van der Waals surface area (Å²) in [6.45, 7) is 2.31. The van der Waals surface area contributed by atoms with Gasteiger partial charge in [-0.2, -0.15) is 0 Å². The molecule has 1 heterocycles. The Labute approximate surface area is 172 Å². The predicted octanol–water partition coefficient (Wildman–Crippen LogP) is 4.85. The molecule has 0 radical (unpaired) electrons. The Morgan fingerprint density at radius 1 is 1.26 bits per heavy atom. The summed E-state index contributed by atoms with van der Waals surface area (Å²) in [5.41, 5.74) is 2.50. The van der Waals surface area contributed by atoms with E-state index in [2.05, 4.69) is 21.2 Å². The first-order valence-corrected chi connectivity index (χ1v) is 11.5. The zero-order chi connectivity index (χ0) is 19.6. The van der Waals surface area contributed by atoms with Gasteiger partial charge >= 0.3 is 0 Å². The fourth-order valence-corrected chi connectivity index (χ4v) is 5.32. The third-order valence-electron chi connectivity index (χ3n) is 4.39. The van der Waals surface area contributed by atoms with E-state index < -0.39 is 10.0 Å². The van der Waals surface area contributed by atoms with Crippen LogP contribution in [0.5, 0.6) is 0 Å². The summed E-state index contributed by atoms with van der Waals surface area (Å²) in [7, 11) is -3.36. The zero-order valence-electron chi connectivity index (χ0n) is 14.8. The van der Waals surface area contributed by atoms with Crippen LogP contribution in [-0.2, 0) is 16.4 Å². The van der Waals surface area contributed by atoms with E-state index in [1.807, 2.05) is 13.0 Å². The maximum Gasteiger partial charge on any atom is 0.257 e. The molecule has 0 saturated heterocycles. The minimum Gasteiger partial charge on any atom is -0.322 e. The minimum atomic E-state index is -3.36. The summed E-state index contributed by atoms with van der Waals surface area (Å²) < 4.78 is 27.4. The summed E-state index contributed by atoms with van der Waals surface area (Å²) >= 11 is 9.45. The summed E-state index contributed by atoms with van der Waals surface area (Å²) in [5.74, 6) is -0.239. The van der Waals surface area contributed by atoms with Gasteiger partial charge in [0.2, 0.25) is 10.0 Å². The maximum absolute atomic E-state index is 12.6. The van der Waals surface area contributed by atoms with E-state index in [1.54, 1.807) is 30.3 Å². The van der Waals surface area contributed by atoms with Gasteiger partial charge in [0.1, 0.15) is 0 Å². The molecule has 144 valence electrons. The van der Waals surface area contributed by atoms with E-state index in [9.17, 15) is 13.2 Å². The topological polar surface area (TPSA) is 66.5 Å². The molecule has 3 rings (SSSR count). The molecule has 0 aromatic heterocycles. The molecule has 1 aliphatic rings. The van der Waals surface area contributed by atoms with Crippen molar-refractivity contribution in [3.63, 3.8) is 0 Å². The monoisotopic (exact) mass is 470 g/mol. The standard InChI is InChI=1S/C19H20BrClN2O3S/c1-2-10-27(25,26)23-9-3-4-13-5-7-15(12-18(13)23)22-19(24)16-11-14(20)6-8-17(16)21/h5-8,11-12H,2-4,9-10H2,1H3,(H,22,24). The van der Waals surface area contributed by atoms with Crippen molar-refractivity contribution in [2.45, 2.75) is 26.2 Å². The number of sulfonamides is 1. The first-order valence-electron chi connectivity index (χ1n) is 8.71. The lowest BCUT2D eigenvalue weighted by Gasteiger charge is -2.31. The number of rotatable bonds is 5. The zero-order valence-corrected chi connectivity index (χ0v) is 18.0. The molecule has 1 amide bonds. The Bertz CT molecular complexity index is 979. The molecule has 0 saturated carbocycles. The fourth-order valence-electron chi connectivity index (χ4n) is 3.15. The number of amides is 1. The molecule has 0 atom stereocenters. The third kappa shape index (κ3) is 4.47. The molecule has 8 heteroatoms. The molecule has 0 spiro atoms. The van der Waals surface area contributed by atoms with E-state index >= 15 is 0 Å². The number of anilines is 2. The molecule has 0 bridgehead atoms. The van der Waals surface area contributed by atoms with Crippen LogP contribution in [-0.4, -0.2) is 26.6 Å². The quantitative estimate of drug-likeness (QED) is 0.678. The van der Waals surface area contributed by atoms with Gasteiger partial charge in [-0.15, -0.1) is 0 Å². The van der Waals surface area contributed by atoms with Crippen molar-refractivity contribution in [3.05, 3.63) is 57.0 Å². The predicted molar refractivity (Wildman–Crippen MR) is 113 cm³/mol. The SMILES string of the molecule is CCCS(=O)(=O)N1CCCc2ccc(NC(=O)c3cc(Br)ccc3Cl)cc21. The number of hydrogen-bond donors (Lipinski definition) is 1. The van der Waals surface area contributed by atoms with Crippen molar-refractivity contribution in [1.82, 2.24) is 0 Å². The van der Waals surface area contributed by atoms with Gasteiger partial charge in [-0.1, -0.05) is 40.5 Å². The lowest BCUT2D eigenvalue weighted by Crippen LogP contribution is -2.37. The Morgan fingerprint density at radius 2 is 2.04 bits per heavy atom. The number of carbonyl (C=O) groups excluding carboxylic acids is 1. The van der Waals surface area contributed by atoms with Crippen LogP contribution in [0.3, 0.4) is 0 Å². The number of aryl methyl sites for hydroxylation is 1. The average Bonchev–Trinajstić information content (AvgIpc) is 2.63. The second-order valence-corrected chi connectivity index (χ2v) is 9.75. The van der Waals surface area contributed by atoms with Crippen LogP contribution in [0.15, 0.2) is 40.9 Å². The van der Waals surface area contributed by atoms with Gasteiger partial charge in [0.15, 0.2) is 0 Å². The van der Waals surface area contributed by atoms with Crippen molar-refractivity contribution in [1.29, 1.82) is 0 Å². The van der Waals surface area contributed by atoms with E-state index in [0.29, 0.717) is 34.9 Å².